The van der Waals surface area contributed by atoms with Gasteiger partial charge < -0.3 is 5.43 Å². The number of nitrogen functional groups attached to an aromatic ring is 1. The van der Waals surface area contributed by atoms with Crippen molar-refractivity contribution in [2.75, 3.05) is 5.43 Å². The Morgan fingerprint density at radius 3 is 2.65 bits per heavy atom. The van der Waals surface area contributed by atoms with Gasteiger partial charge in [-0.25, -0.2) is 10.8 Å². The molecule has 0 unspecified atom stereocenters. The van der Waals surface area contributed by atoms with Crippen LogP contribution in [-0.4, -0.2) is 4.98 Å². The van der Waals surface area contributed by atoms with Crippen LogP contribution in [0.15, 0.2) is 46.3 Å². The highest BCUT2D eigenvalue weighted by atomic mass is 35.5. The zero-order valence-electron chi connectivity index (χ0n) is 8.65. The predicted octanol–water partition coefficient (Wildman–Crippen LogP) is 3.83. The molecule has 1 heterocycles. The summed E-state index contributed by atoms with van der Waals surface area (Å²) in [5, 5.41) is 1.91. The fourth-order valence-electron chi connectivity index (χ4n) is 1.21. The van der Waals surface area contributed by atoms with Crippen LogP contribution in [-0.2, 0) is 0 Å². The van der Waals surface area contributed by atoms with Crippen molar-refractivity contribution in [3.63, 3.8) is 0 Å². The van der Waals surface area contributed by atoms with E-state index in [4.69, 9.17) is 29.0 Å². The Labute approximate surface area is 113 Å². The van der Waals surface area contributed by atoms with E-state index in [1.807, 2.05) is 18.2 Å². The Balaban J connectivity index is 2.22. The summed E-state index contributed by atoms with van der Waals surface area (Å²) in [6, 6.07) is 11.0. The number of halogens is 2. The summed E-state index contributed by atoms with van der Waals surface area (Å²) in [6.07, 6.45) is 0. The molecule has 3 N–H and O–H groups in total. The van der Waals surface area contributed by atoms with E-state index in [2.05, 4.69) is 10.4 Å². The number of hydrogen-bond donors (Lipinski definition) is 2. The van der Waals surface area contributed by atoms with Crippen LogP contribution in [0.3, 0.4) is 0 Å². The summed E-state index contributed by atoms with van der Waals surface area (Å²) in [7, 11) is 0. The van der Waals surface area contributed by atoms with E-state index in [0.717, 1.165) is 9.92 Å². The van der Waals surface area contributed by atoms with E-state index in [1.54, 1.807) is 18.2 Å². The molecule has 1 aromatic heterocycles. The maximum atomic E-state index is 5.94. The molecular weight excluding hydrogens is 277 g/mol. The van der Waals surface area contributed by atoms with Crippen LogP contribution in [0.4, 0.5) is 5.82 Å². The monoisotopic (exact) mass is 285 g/mol. The van der Waals surface area contributed by atoms with Gasteiger partial charge in [0.15, 0.2) is 0 Å². The van der Waals surface area contributed by atoms with Crippen molar-refractivity contribution in [1.29, 1.82) is 0 Å². The molecule has 2 aromatic rings. The number of hydrogen-bond acceptors (Lipinski definition) is 4. The van der Waals surface area contributed by atoms with Gasteiger partial charge in [0.05, 0.1) is 10.0 Å². The van der Waals surface area contributed by atoms with Gasteiger partial charge in [-0.05, 0) is 30.3 Å². The minimum atomic E-state index is 0.532. The average Bonchev–Trinajstić information content (AvgIpc) is 2.34. The predicted molar refractivity (Wildman–Crippen MR) is 72.6 cm³/mol. The van der Waals surface area contributed by atoms with E-state index in [-0.39, 0.29) is 0 Å². The number of nitrogens with two attached hydrogens (primary N) is 1. The molecule has 0 atom stereocenters. The lowest BCUT2D eigenvalue weighted by Crippen LogP contribution is -2.08. The van der Waals surface area contributed by atoms with Crippen LogP contribution in [0.5, 0.6) is 0 Å². The average molecular weight is 286 g/mol. The molecule has 0 aliphatic carbocycles. The summed E-state index contributed by atoms with van der Waals surface area (Å²) in [5.41, 5.74) is 2.50. The van der Waals surface area contributed by atoms with Gasteiger partial charge in [0.25, 0.3) is 0 Å². The van der Waals surface area contributed by atoms with E-state index < -0.39 is 0 Å². The molecule has 2 rings (SSSR count). The van der Waals surface area contributed by atoms with Crippen LogP contribution in [0.25, 0.3) is 0 Å². The summed E-state index contributed by atoms with van der Waals surface area (Å²) < 4.78 is 0. The van der Waals surface area contributed by atoms with Crippen LogP contribution >= 0.6 is 35.0 Å². The van der Waals surface area contributed by atoms with Crippen molar-refractivity contribution >= 4 is 40.8 Å². The second kappa shape index (κ2) is 5.60. The minimum absolute atomic E-state index is 0.532. The zero-order chi connectivity index (χ0) is 12.3. The van der Waals surface area contributed by atoms with Gasteiger partial charge in [0, 0.05) is 4.90 Å². The highest BCUT2D eigenvalue weighted by Crippen LogP contribution is 2.31. The first kappa shape index (κ1) is 12.5. The molecular formula is C11H9Cl2N3S. The van der Waals surface area contributed by atoms with Crippen molar-refractivity contribution < 1.29 is 0 Å². The molecule has 88 valence electrons. The number of aromatic nitrogens is 1. The number of nitrogens with one attached hydrogen (secondary N) is 1. The highest BCUT2D eigenvalue weighted by molar-refractivity contribution is 7.99. The second-order valence-corrected chi connectivity index (χ2v) is 5.09. The fourth-order valence-corrected chi connectivity index (χ4v) is 2.42. The summed E-state index contributed by atoms with van der Waals surface area (Å²) in [6.45, 7) is 0. The third-order valence-electron chi connectivity index (χ3n) is 1.98. The maximum Gasteiger partial charge on any atom is 0.141 e. The lowest BCUT2D eigenvalue weighted by Gasteiger charge is -2.04. The molecule has 0 bridgehead atoms. The molecule has 0 saturated carbocycles. The molecule has 0 saturated heterocycles. The molecule has 0 amide bonds. The molecule has 0 fully saturated rings. The third kappa shape index (κ3) is 3.26. The van der Waals surface area contributed by atoms with Crippen molar-refractivity contribution in [1.82, 2.24) is 4.98 Å². The van der Waals surface area contributed by atoms with Gasteiger partial charge in [0.1, 0.15) is 10.8 Å². The zero-order valence-corrected chi connectivity index (χ0v) is 11.0. The molecule has 0 aliphatic heterocycles. The van der Waals surface area contributed by atoms with Gasteiger partial charge in [-0.15, -0.1) is 0 Å². The number of benzene rings is 1. The Bertz CT molecular complexity index is 534. The van der Waals surface area contributed by atoms with Crippen molar-refractivity contribution in [2.45, 2.75) is 9.92 Å². The minimum Gasteiger partial charge on any atom is -0.308 e. The highest BCUT2D eigenvalue weighted by Gasteiger charge is 2.03. The van der Waals surface area contributed by atoms with Gasteiger partial charge in [-0.3, -0.25) is 0 Å². The Morgan fingerprint density at radius 2 is 1.94 bits per heavy atom. The smallest absolute Gasteiger partial charge is 0.141 e. The Morgan fingerprint density at radius 1 is 1.12 bits per heavy atom. The van der Waals surface area contributed by atoms with E-state index in [9.17, 15) is 0 Å². The van der Waals surface area contributed by atoms with E-state index in [0.29, 0.717) is 15.9 Å². The van der Waals surface area contributed by atoms with Crippen LogP contribution in [0, 0.1) is 0 Å². The normalized spacial score (nSPS) is 10.3. The van der Waals surface area contributed by atoms with Crippen LogP contribution < -0.4 is 11.3 Å². The number of rotatable bonds is 3. The van der Waals surface area contributed by atoms with Gasteiger partial charge in [-0.1, -0.05) is 41.0 Å². The SMILES string of the molecule is NNc1cccc(Sc2ccc(Cl)c(Cl)c2)n1. The van der Waals surface area contributed by atoms with Gasteiger partial charge in [0.2, 0.25) is 0 Å². The third-order valence-corrected chi connectivity index (χ3v) is 3.65. The summed E-state index contributed by atoms with van der Waals surface area (Å²) in [5.74, 6) is 5.92. The number of hydrazine groups is 1. The quantitative estimate of drug-likeness (QED) is 0.665. The number of anilines is 1. The summed E-state index contributed by atoms with van der Waals surface area (Å²) >= 11 is 13.3. The second-order valence-electron chi connectivity index (χ2n) is 3.18. The topological polar surface area (TPSA) is 50.9 Å². The maximum absolute atomic E-state index is 5.94. The van der Waals surface area contributed by atoms with Crippen molar-refractivity contribution in [2.24, 2.45) is 5.84 Å². The molecule has 0 radical (unpaired) electrons. The largest absolute Gasteiger partial charge is 0.308 e. The molecule has 17 heavy (non-hydrogen) atoms. The van der Waals surface area contributed by atoms with Crippen LogP contribution in [0.1, 0.15) is 0 Å². The van der Waals surface area contributed by atoms with Crippen LogP contribution in [0.2, 0.25) is 10.0 Å². The van der Waals surface area contributed by atoms with Crippen molar-refractivity contribution in [3.05, 3.63) is 46.4 Å². The molecule has 0 spiro atoms. The lowest BCUT2D eigenvalue weighted by molar-refractivity contribution is 1.11. The standard InChI is InChI=1S/C11H9Cl2N3S/c12-8-5-4-7(6-9(8)13)17-11-3-1-2-10(15-11)16-14/h1-6H,14H2,(H,15,16). The van der Waals surface area contributed by atoms with Gasteiger partial charge >= 0.3 is 0 Å². The Kier molecular flexibility index (Phi) is 4.12. The first-order valence-electron chi connectivity index (χ1n) is 4.75. The first-order valence-corrected chi connectivity index (χ1v) is 6.33. The first-order chi connectivity index (χ1) is 8.19. The van der Waals surface area contributed by atoms with Crippen molar-refractivity contribution in [3.8, 4) is 0 Å². The van der Waals surface area contributed by atoms with Gasteiger partial charge in [-0.2, -0.15) is 0 Å². The fraction of sp³-hybridized carbons (Fsp3) is 0. The number of pyridine rings is 1. The Hall–Kier alpha value is -0.940. The molecule has 6 heteroatoms. The molecule has 3 nitrogen and oxygen atoms in total. The van der Waals surface area contributed by atoms with E-state index >= 15 is 0 Å². The van der Waals surface area contributed by atoms with E-state index in [1.165, 1.54) is 11.8 Å². The molecule has 0 aliphatic rings. The lowest BCUT2D eigenvalue weighted by atomic mass is 10.4. The molecule has 1 aromatic carbocycles. The number of nitrogens with zero attached hydrogens (tertiary/aromatic N) is 1. The summed E-state index contributed by atoms with van der Waals surface area (Å²) in [4.78, 5) is 5.26.